The zero-order valence-corrected chi connectivity index (χ0v) is 16.3. The summed E-state index contributed by atoms with van der Waals surface area (Å²) in [5.41, 5.74) is 4.61. The van der Waals surface area contributed by atoms with E-state index in [-0.39, 0.29) is 0 Å². The third-order valence-corrected chi connectivity index (χ3v) is 6.32. The molecule has 29 heavy (non-hydrogen) atoms. The number of rotatable bonds is 7. The molecule has 1 heterocycles. The average Bonchev–Trinajstić information content (AvgIpc) is 3.23. The maximum Gasteiger partial charge on any atom is 0.267 e. The summed E-state index contributed by atoms with van der Waals surface area (Å²) < 4.78 is 27.2. The Kier molecular flexibility index (Phi) is 6.11. The van der Waals surface area contributed by atoms with Crippen LogP contribution in [0.1, 0.15) is 16.4 Å². The predicted molar refractivity (Wildman–Crippen MR) is 113 cm³/mol. The van der Waals surface area contributed by atoms with Crippen LogP contribution in [0.15, 0.2) is 91.8 Å². The highest BCUT2D eigenvalue weighted by atomic mass is 32.2. The van der Waals surface area contributed by atoms with E-state index < -0.39 is 21.2 Å². The van der Waals surface area contributed by atoms with Crippen LogP contribution in [0.3, 0.4) is 0 Å². The molecule has 2 aromatic carbocycles. The largest absolute Gasteiger partial charge is 0.288 e. The number of amides is 1. The lowest BCUT2D eigenvalue weighted by Crippen LogP contribution is -2.18. The van der Waals surface area contributed by atoms with Crippen molar-refractivity contribution in [2.45, 2.75) is 5.25 Å². The van der Waals surface area contributed by atoms with Crippen LogP contribution in [-0.2, 0) is 14.8 Å². The fourth-order valence-corrected chi connectivity index (χ4v) is 4.42. The molecule has 3 rings (SSSR count). The van der Waals surface area contributed by atoms with Crippen molar-refractivity contribution in [1.29, 1.82) is 0 Å². The van der Waals surface area contributed by atoms with Gasteiger partial charge in [-0.05, 0) is 34.4 Å². The highest BCUT2D eigenvalue weighted by Gasteiger charge is 2.26. The third kappa shape index (κ3) is 4.53. The molecule has 0 radical (unpaired) electrons. The summed E-state index contributed by atoms with van der Waals surface area (Å²) in [4.78, 5) is 11.1. The van der Waals surface area contributed by atoms with E-state index in [4.69, 9.17) is 5.21 Å². The molecule has 0 fully saturated rings. The van der Waals surface area contributed by atoms with E-state index in [1.807, 2.05) is 42.5 Å². The van der Waals surface area contributed by atoms with Crippen molar-refractivity contribution in [3.05, 3.63) is 103 Å². The Morgan fingerprint density at radius 2 is 1.69 bits per heavy atom. The minimum atomic E-state index is -3.79. The maximum atomic E-state index is 13.1. The first-order valence-corrected chi connectivity index (χ1v) is 10.3. The van der Waals surface area contributed by atoms with Crippen LogP contribution in [0, 0.1) is 0 Å². The number of carbonyl (C=O) groups is 1. The average molecular weight is 408 g/mol. The second-order valence-corrected chi connectivity index (χ2v) is 8.23. The summed E-state index contributed by atoms with van der Waals surface area (Å²) in [6.45, 7) is 3.70. The van der Waals surface area contributed by atoms with Crippen molar-refractivity contribution < 1.29 is 18.4 Å². The Morgan fingerprint density at radius 3 is 2.31 bits per heavy atom. The lowest BCUT2D eigenvalue weighted by Gasteiger charge is -2.15. The van der Waals surface area contributed by atoms with Gasteiger partial charge >= 0.3 is 0 Å². The van der Waals surface area contributed by atoms with Gasteiger partial charge in [-0.15, -0.1) is 6.58 Å². The topological polar surface area (TPSA) is 88.4 Å². The van der Waals surface area contributed by atoms with E-state index in [0.717, 1.165) is 21.2 Å². The quantitative estimate of drug-likeness (QED) is 0.270. The molecule has 0 saturated carbocycles. The van der Waals surface area contributed by atoms with Gasteiger partial charge in [-0.25, -0.2) is 13.9 Å². The first kappa shape index (κ1) is 20.3. The summed E-state index contributed by atoms with van der Waals surface area (Å²) in [5.74, 6) is -0.705. The molecule has 3 aromatic rings. The van der Waals surface area contributed by atoms with E-state index in [1.54, 1.807) is 18.2 Å². The van der Waals surface area contributed by atoms with Gasteiger partial charge < -0.3 is 0 Å². The Bertz CT molecular complexity index is 1130. The van der Waals surface area contributed by atoms with Gasteiger partial charge in [-0.3, -0.25) is 14.0 Å². The summed E-state index contributed by atoms with van der Waals surface area (Å²) in [6, 6.07) is 18.7. The number of nitrogens with zero attached hydrogens (tertiary/aromatic N) is 1. The highest BCUT2D eigenvalue weighted by Crippen LogP contribution is 2.28. The van der Waals surface area contributed by atoms with Crippen LogP contribution in [0.5, 0.6) is 0 Å². The van der Waals surface area contributed by atoms with Crippen molar-refractivity contribution in [3.63, 3.8) is 0 Å². The fourth-order valence-electron chi connectivity index (χ4n) is 2.92. The standard InChI is InChI=1S/C22H20N2O4S/c1-2-21(20-11-9-19(10-12-20)18-6-4-3-5-7-18)29(27,28)24-15-14-17(16-24)8-13-22(25)23-26/h2-16,21,26H,1H2,(H,23,25). The van der Waals surface area contributed by atoms with Crippen molar-refractivity contribution in [2.24, 2.45) is 0 Å². The molecule has 0 bridgehead atoms. The van der Waals surface area contributed by atoms with E-state index in [9.17, 15) is 13.2 Å². The van der Waals surface area contributed by atoms with Gasteiger partial charge in [0.15, 0.2) is 0 Å². The van der Waals surface area contributed by atoms with E-state index in [0.29, 0.717) is 11.1 Å². The van der Waals surface area contributed by atoms with E-state index >= 15 is 0 Å². The van der Waals surface area contributed by atoms with Crippen LogP contribution < -0.4 is 5.48 Å². The van der Waals surface area contributed by atoms with Crippen molar-refractivity contribution in [3.8, 4) is 11.1 Å². The van der Waals surface area contributed by atoms with Crippen molar-refractivity contribution in [2.75, 3.05) is 0 Å². The Labute approximate surface area is 169 Å². The van der Waals surface area contributed by atoms with Gasteiger partial charge in [0, 0.05) is 18.5 Å². The van der Waals surface area contributed by atoms with Crippen LogP contribution in [0.4, 0.5) is 0 Å². The van der Waals surface area contributed by atoms with Crippen molar-refractivity contribution in [1.82, 2.24) is 9.45 Å². The molecule has 1 amide bonds. The SMILES string of the molecule is C=CC(c1ccc(-c2ccccc2)cc1)S(=O)(=O)n1ccc(C=CC(=O)NO)c1. The van der Waals surface area contributed by atoms with Gasteiger partial charge in [0.05, 0.1) is 0 Å². The number of aromatic nitrogens is 1. The maximum absolute atomic E-state index is 13.1. The van der Waals surface area contributed by atoms with Crippen molar-refractivity contribution >= 4 is 22.0 Å². The van der Waals surface area contributed by atoms with Crippen LogP contribution in [0.2, 0.25) is 0 Å². The molecule has 0 spiro atoms. The van der Waals surface area contributed by atoms with E-state index in [1.165, 1.54) is 30.0 Å². The van der Waals surface area contributed by atoms with Gasteiger partial charge in [-0.2, -0.15) is 0 Å². The van der Waals surface area contributed by atoms with E-state index in [2.05, 4.69) is 6.58 Å². The zero-order chi connectivity index (χ0) is 20.9. The molecule has 2 N–H and O–H groups in total. The second kappa shape index (κ2) is 8.72. The monoisotopic (exact) mass is 408 g/mol. The molecule has 0 saturated heterocycles. The lowest BCUT2D eigenvalue weighted by atomic mass is 10.0. The van der Waals surface area contributed by atoms with Crippen LogP contribution in [-0.4, -0.2) is 23.5 Å². The first-order valence-electron chi connectivity index (χ1n) is 8.78. The van der Waals surface area contributed by atoms with Gasteiger partial charge in [-0.1, -0.05) is 60.7 Å². The molecule has 0 aliphatic carbocycles. The molecular weight excluding hydrogens is 388 g/mol. The second-order valence-electron chi connectivity index (χ2n) is 6.27. The molecule has 0 aliphatic rings. The van der Waals surface area contributed by atoms with Gasteiger partial charge in [0.1, 0.15) is 5.25 Å². The number of benzene rings is 2. The number of hydrogen-bond acceptors (Lipinski definition) is 4. The highest BCUT2D eigenvalue weighted by molar-refractivity contribution is 7.90. The third-order valence-electron chi connectivity index (χ3n) is 4.40. The fraction of sp³-hybridized carbons (Fsp3) is 0.0455. The smallest absolute Gasteiger partial charge is 0.267 e. The molecule has 1 unspecified atom stereocenters. The van der Waals surface area contributed by atoms with Crippen LogP contribution in [0.25, 0.3) is 17.2 Å². The van der Waals surface area contributed by atoms with Crippen LogP contribution >= 0.6 is 0 Å². The molecule has 7 heteroatoms. The lowest BCUT2D eigenvalue weighted by molar-refractivity contribution is -0.124. The predicted octanol–water partition coefficient (Wildman–Crippen LogP) is 3.78. The summed E-state index contributed by atoms with van der Waals surface area (Å²) in [5, 5.41) is 7.57. The first-order chi connectivity index (χ1) is 14.0. The molecular formula is C22H20N2O4S. The molecule has 1 aromatic heterocycles. The Balaban J connectivity index is 1.87. The number of nitrogens with one attached hydrogen (secondary N) is 1. The van der Waals surface area contributed by atoms with Gasteiger partial charge in [0.25, 0.3) is 5.91 Å². The summed E-state index contributed by atoms with van der Waals surface area (Å²) in [7, 11) is -3.79. The Hall–Kier alpha value is -3.42. The minimum Gasteiger partial charge on any atom is -0.288 e. The Morgan fingerprint density at radius 1 is 1.03 bits per heavy atom. The number of carbonyl (C=O) groups excluding carboxylic acids is 1. The zero-order valence-electron chi connectivity index (χ0n) is 15.5. The van der Waals surface area contributed by atoms with Gasteiger partial charge in [0.2, 0.25) is 10.0 Å². The molecule has 6 nitrogen and oxygen atoms in total. The summed E-state index contributed by atoms with van der Waals surface area (Å²) >= 11 is 0. The summed E-state index contributed by atoms with van der Waals surface area (Å²) in [6.07, 6.45) is 6.68. The molecule has 1 atom stereocenters. The normalized spacial score (nSPS) is 12.6. The number of hydrogen-bond donors (Lipinski definition) is 2. The minimum absolute atomic E-state index is 0.499. The number of hydroxylamine groups is 1. The molecule has 148 valence electrons. The molecule has 0 aliphatic heterocycles.